The molecule has 0 aliphatic carbocycles. The molecule has 1 rings (SSSR count). The summed E-state index contributed by atoms with van der Waals surface area (Å²) in [5.74, 6) is -0.347. The first-order chi connectivity index (χ1) is 7.94. The van der Waals surface area contributed by atoms with Gasteiger partial charge in [-0.15, -0.1) is 0 Å². The monoisotopic (exact) mass is 244 g/mol. The lowest BCUT2D eigenvalue weighted by atomic mass is 9.97. The Morgan fingerprint density at radius 2 is 2.18 bits per heavy atom. The first-order valence-electron chi connectivity index (χ1n) is 5.79. The van der Waals surface area contributed by atoms with Crippen molar-refractivity contribution in [3.05, 3.63) is 0 Å². The Kier molecular flexibility index (Phi) is 4.89. The second-order valence-electron chi connectivity index (χ2n) is 4.38. The lowest BCUT2D eigenvalue weighted by Gasteiger charge is -2.26. The van der Waals surface area contributed by atoms with Gasteiger partial charge in [0.05, 0.1) is 6.10 Å². The van der Waals surface area contributed by atoms with E-state index in [1.54, 1.807) is 6.92 Å². The number of hydrogen-bond acceptors (Lipinski definition) is 4. The van der Waals surface area contributed by atoms with E-state index in [1.165, 1.54) is 6.92 Å². The molecule has 0 radical (unpaired) electrons. The molecule has 2 atom stereocenters. The van der Waals surface area contributed by atoms with Gasteiger partial charge in [-0.3, -0.25) is 9.59 Å². The molecule has 1 aliphatic rings. The standard InChI is InChI=1S/C11H20N2O4/c1-8-11(16,4-6-17-8)7-13-10(15)3-5-12-9(2)14/h8,16H,3-7H2,1-2H3,(H,12,14)(H,13,15). The number of aliphatic hydroxyl groups is 1. The number of carbonyl (C=O) groups excluding carboxylic acids is 2. The van der Waals surface area contributed by atoms with Crippen LogP contribution in [-0.2, 0) is 14.3 Å². The van der Waals surface area contributed by atoms with E-state index in [2.05, 4.69) is 10.6 Å². The lowest BCUT2D eigenvalue weighted by Crippen LogP contribution is -2.47. The maximum absolute atomic E-state index is 11.4. The van der Waals surface area contributed by atoms with Crippen LogP contribution in [0.4, 0.5) is 0 Å². The largest absolute Gasteiger partial charge is 0.385 e. The summed E-state index contributed by atoms with van der Waals surface area (Å²) >= 11 is 0. The summed E-state index contributed by atoms with van der Waals surface area (Å²) in [6.45, 7) is 4.20. The van der Waals surface area contributed by atoms with Crippen molar-refractivity contribution in [1.29, 1.82) is 0 Å². The normalized spacial score (nSPS) is 27.8. The molecule has 0 aromatic rings. The molecule has 0 aromatic heterocycles. The smallest absolute Gasteiger partial charge is 0.221 e. The van der Waals surface area contributed by atoms with E-state index in [9.17, 15) is 14.7 Å². The third-order valence-electron chi connectivity index (χ3n) is 2.98. The third-order valence-corrected chi connectivity index (χ3v) is 2.98. The van der Waals surface area contributed by atoms with Crippen LogP contribution >= 0.6 is 0 Å². The highest BCUT2D eigenvalue weighted by molar-refractivity contribution is 5.77. The Bertz CT molecular complexity index is 295. The minimum absolute atomic E-state index is 0.158. The number of rotatable bonds is 5. The minimum atomic E-state index is -0.969. The molecule has 2 amide bonds. The third kappa shape index (κ3) is 4.32. The van der Waals surface area contributed by atoms with Crippen LogP contribution in [0.5, 0.6) is 0 Å². The van der Waals surface area contributed by atoms with Crippen molar-refractivity contribution in [3.8, 4) is 0 Å². The van der Waals surface area contributed by atoms with E-state index in [1.807, 2.05) is 0 Å². The molecule has 0 aromatic carbocycles. The van der Waals surface area contributed by atoms with Crippen LogP contribution in [0.2, 0.25) is 0 Å². The lowest BCUT2D eigenvalue weighted by molar-refractivity contribution is -0.123. The molecule has 2 unspecified atom stereocenters. The SMILES string of the molecule is CC(=O)NCCC(=O)NCC1(O)CCOC1C. The van der Waals surface area contributed by atoms with Crippen LogP contribution in [0, 0.1) is 0 Å². The van der Waals surface area contributed by atoms with Crippen molar-refractivity contribution in [3.63, 3.8) is 0 Å². The minimum Gasteiger partial charge on any atom is -0.385 e. The summed E-state index contributed by atoms with van der Waals surface area (Å²) in [6, 6.07) is 0. The average molecular weight is 244 g/mol. The highest BCUT2D eigenvalue weighted by Gasteiger charge is 2.39. The van der Waals surface area contributed by atoms with Crippen molar-refractivity contribution in [1.82, 2.24) is 10.6 Å². The van der Waals surface area contributed by atoms with Gasteiger partial charge in [-0.2, -0.15) is 0 Å². The highest BCUT2D eigenvalue weighted by Crippen LogP contribution is 2.24. The topological polar surface area (TPSA) is 87.7 Å². The molecule has 0 saturated carbocycles. The summed E-state index contributed by atoms with van der Waals surface area (Å²) in [4.78, 5) is 22.0. The zero-order valence-electron chi connectivity index (χ0n) is 10.3. The summed E-state index contributed by atoms with van der Waals surface area (Å²) < 4.78 is 5.26. The summed E-state index contributed by atoms with van der Waals surface area (Å²) in [6.07, 6.45) is 0.476. The molecule has 1 saturated heterocycles. The fourth-order valence-electron chi connectivity index (χ4n) is 1.70. The second kappa shape index (κ2) is 5.97. The molecule has 3 N–H and O–H groups in total. The molecule has 1 fully saturated rings. The molecule has 6 nitrogen and oxygen atoms in total. The molecule has 1 aliphatic heterocycles. The number of ether oxygens (including phenoxy) is 1. The molecular formula is C11H20N2O4. The van der Waals surface area contributed by atoms with Crippen molar-refractivity contribution >= 4 is 11.8 Å². The van der Waals surface area contributed by atoms with Gasteiger partial charge in [0.25, 0.3) is 0 Å². The predicted molar refractivity (Wildman–Crippen MR) is 61.3 cm³/mol. The van der Waals surface area contributed by atoms with Crippen LogP contribution < -0.4 is 10.6 Å². The number of hydrogen-bond donors (Lipinski definition) is 3. The van der Waals surface area contributed by atoms with Crippen LogP contribution in [-0.4, -0.2) is 48.3 Å². The predicted octanol–water partition coefficient (Wildman–Crippen LogP) is -0.831. The second-order valence-corrected chi connectivity index (χ2v) is 4.38. The van der Waals surface area contributed by atoms with E-state index in [-0.39, 0.29) is 30.9 Å². The first-order valence-corrected chi connectivity index (χ1v) is 5.79. The van der Waals surface area contributed by atoms with Crippen LogP contribution in [0.25, 0.3) is 0 Å². The highest BCUT2D eigenvalue weighted by atomic mass is 16.5. The van der Waals surface area contributed by atoms with Gasteiger partial charge in [-0.25, -0.2) is 0 Å². The number of nitrogens with one attached hydrogen (secondary N) is 2. The van der Waals surface area contributed by atoms with Gasteiger partial charge in [0, 0.05) is 39.5 Å². The van der Waals surface area contributed by atoms with Crippen LogP contribution in [0.3, 0.4) is 0 Å². The maximum Gasteiger partial charge on any atom is 0.221 e. The Morgan fingerprint density at radius 1 is 1.47 bits per heavy atom. The van der Waals surface area contributed by atoms with E-state index < -0.39 is 5.60 Å². The van der Waals surface area contributed by atoms with Crippen molar-refractivity contribution < 1.29 is 19.4 Å². The Balaban J connectivity index is 2.21. The quantitative estimate of drug-likeness (QED) is 0.589. The Hall–Kier alpha value is -1.14. The first kappa shape index (κ1) is 13.9. The molecule has 0 bridgehead atoms. The van der Waals surface area contributed by atoms with Crippen LogP contribution in [0.15, 0.2) is 0 Å². The molecule has 0 spiro atoms. The van der Waals surface area contributed by atoms with Crippen molar-refractivity contribution in [2.45, 2.75) is 38.4 Å². The summed E-state index contributed by atoms with van der Waals surface area (Å²) in [7, 11) is 0. The molecule has 6 heteroatoms. The fraction of sp³-hybridized carbons (Fsp3) is 0.818. The molecule has 17 heavy (non-hydrogen) atoms. The molecule has 98 valence electrons. The Labute approximate surface area is 101 Å². The van der Waals surface area contributed by atoms with E-state index >= 15 is 0 Å². The van der Waals surface area contributed by atoms with Gasteiger partial charge in [0.2, 0.25) is 11.8 Å². The van der Waals surface area contributed by atoms with Gasteiger partial charge in [-0.1, -0.05) is 0 Å². The maximum atomic E-state index is 11.4. The van der Waals surface area contributed by atoms with E-state index in [0.29, 0.717) is 19.6 Å². The average Bonchev–Trinajstić information content (AvgIpc) is 2.57. The van der Waals surface area contributed by atoms with E-state index in [0.717, 1.165) is 0 Å². The van der Waals surface area contributed by atoms with Crippen molar-refractivity contribution in [2.75, 3.05) is 19.7 Å². The van der Waals surface area contributed by atoms with Crippen LogP contribution in [0.1, 0.15) is 26.7 Å². The van der Waals surface area contributed by atoms with Gasteiger partial charge in [0.15, 0.2) is 0 Å². The van der Waals surface area contributed by atoms with E-state index in [4.69, 9.17) is 4.74 Å². The molecular weight excluding hydrogens is 224 g/mol. The number of amides is 2. The molecule has 1 heterocycles. The van der Waals surface area contributed by atoms with Gasteiger partial charge in [-0.05, 0) is 6.92 Å². The van der Waals surface area contributed by atoms with Crippen molar-refractivity contribution in [2.24, 2.45) is 0 Å². The van der Waals surface area contributed by atoms with Gasteiger partial charge in [0.1, 0.15) is 5.60 Å². The Morgan fingerprint density at radius 3 is 2.71 bits per heavy atom. The fourth-order valence-corrected chi connectivity index (χ4v) is 1.70. The van der Waals surface area contributed by atoms with Gasteiger partial charge >= 0.3 is 0 Å². The zero-order valence-corrected chi connectivity index (χ0v) is 10.3. The zero-order chi connectivity index (χ0) is 12.9. The number of carbonyl (C=O) groups is 2. The van der Waals surface area contributed by atoms with Gasteiger partial charge < -0.3 is 20.5 Å². The summed E-state index contributed by atoms with van der Waals surface area (Å²) in [5.41, 5.74) is -0.969. The summed E-state index contributed by atoms with van der Waals surface area (Å²) in [5, 5.41) is 15.3.